The molecule has 0 radical (unpaired) electrons. The molecule has 0 unspecified atom stereocenters. The molecule has 0 atom stereocenters. The van der Waals surface area contributed by atoms with Crippen molar-refractivity contribution < 1.29 is 9.13 Å². The Balaban J connectivity index is 1.68. The van der Waals surface area contributed by atoms with E-state index in [0.717, 1.165) is 29.0 Å². The molecule has 1 fully saturated rings. The van der Waals surface area contributed by atoms with Crippen LogP contribution in [0.4, 0.5) is 4.39 Å². The van der Waals surface area contributed by atoms with Gasteiger partial charge < -0.3 is 15.4 Å². The summed E-state index contributed by atoms with van der Waals surface area (Å²) in [6, 6.07) is 14.5. The van der Waals surface area contributed by atoms with Gasteiger partial charge >= 0.3 is 0 Å². The van der Waals surface area contributed by atoms with Gasteiger partial charge in [0, 0.05) is 43.8 Å². The van der Waals surface area contributed by atoms with E-state index in [2.05, 4.69) is 21.7 Å². The number of nitrogens with one attached hydrogen (secondary N) is 2. The molecule has 3 rings (SSSR count). The minimum atomic E-state index is -0.239. The van der Waals surface area contributed by atoms with Gasteiger partial charge in [0.25, 0.3) is 0 Å². The number of hydrogen-bond acceptors (Lipinski definition) is 2. The molecule has 1 heterocycles. The highest BCUT2D eigenvalue weighted by atomic mass is 35.5. The van der Waals surface area contributed by atoms with Crippen LogP contribution in [0.25, 0.3) is 0 Å². The molecule has 1 saturated heterocycles. The zero-order valence-corrected chi connectivity index (χ0v) is 16.2. The van der Waals surface area contributed by atoms with Gasteiger partial charge in [0.15, 0.2) is 5.96 Å². The lowest BCUT2D eigenvalue weighted by Gasteiger charge is -2.38. The van der Waals surface area contributed by atoms with Crippen molar-refractivity contribution >= 4 is 17.6 Å². The number of benzene rings is 2. The van der Waals surface area contributed by atoms with Gasteiger partial charge in [-0.15, -0.1) is 0 Å². The number of halogens is 2. The highest BCUT2D eigenvalue weighted by Gasteiger charge is 2.36. The van der Waals surface area contributed by atoms with Gasteiger partial charge in [0.05, 0.1) is 0 Å². The highest BCUT2D eigenvalue weighted by molar-refractivity contribution is 6.31. The topological polar surface area (TPSA) is 45.7 Å². The Morgan fingerprint density at radius 3 is 2.63 bits per heavy atom. The smallest absolute Gasteiger partial charge is 0.191 e. The fraction of sp³-hybridized carbons (Fsp3) is 0.381. The number of hydrogen-bond donors (Lipinski definition) is 2. The monoisotopic (exact) mass is 389 g/mol. The van der Waals surface area contributed by atoms with E-state index < -0.39 is 0 Å². The van der Waals surface area contributed by atoms with Crippen LogP contribution in [0.15, 0.2) is 53.5 Å². The van der Waals surface area contributed by atoms with Crippen molar-refractivity contribution in [2.24, 2.45) is 4.99 Å². The first-order valence-corrected chi connectivity index (χ1v) is 9.52. The van der Waals surface area contributed by atoms with E-state index in [0.29, 0.717) is 32.3 Å². The SMILES string of the molecule is CN=C(NCc1cccc(F)c1)NCC1(c2ccccc2Cl)CCOCC1. The predicted molar refractivity (Wildman–Crippen MR) is 108 cm³/mol. The number of guanidine groups is 1. The highest BCUT2D eigenvalue weighted by Crippen LogP contribution is 2.38. The van der Waals surface area contributed by atoms with Crippen LogP contribution in [0.5, 0.6) is 0 Å². The lowest BCUT2D eigenvalue weighted by molar-refractivity contribution is 0.0514. The van der Waals surface area contributed by atoms with E-state index in [9.17, 15) is 4.39 Å². The van der Waals surface area contributed by atoms with E-state index in [1.807, 2.05) is 24.3 Å². The Hall–Kier alpha value is -2.11. The summed E-state index contributed by atoms with van der Waals surface area (Å²) in [5.74, 6) is 0.439. The second-order valence-corrected chi connectivity index (χ2v) is 7.19. The Kier molecular flexibility index (Phi) is 6.69. The first kappa shape index (κ1) is 19.6. The molecule has 2 N–H and O–H groups in total. The van der Waals surface area contributed by atoms with Crippen LogP contribution in [0.1, 0.15) is 24.0 Å². The van der Waals surface area contributed by atoms with Crippen LogP contribution in [0, 0.1) is 5.82 Å². The molecular weight excluding hydrogens is 365 g/mol. The summed E-state index contributed by atoms with van der Waals surface area (Å²) in [5.41, 5.74) is 1.90. The minimum Gasteiger partial charge on any atom is -0.381 e. The summed E-state index contributed by atoms with van der Waals surface area (Å²) in [6.07, 6.45) is 1.79. The van der Waals surface area contributed by atoms with Gasteiger partial charge in [-0.05, 0) is 42.2 Å². The number of nitrogens with zero attached hydrogens (tertiary/aromatic N) is 1. The van der Waals surface area contributed by atoms with Crippen molar-refractivity contribution in [2.75, 3.05) is 26.8 Å². The van der Waals surface area contributed by atoms with Crippen molar-refractivity contribution in [3.63, 3.8) is 0 Å². The summed E-state index contributed by atoms with van der Waals surface area (Å²) in [7, 11) is 1.73. The van der Waals surface area contributed by atoms with Crippen LogP contribution in [0.2, 0.25) is 5.02 Å². The van der Waals surface area contributed by atoms with Gasteiger partial charge in [-0.3, -0.25) is 4.99 Å². The Morgan fingerprint density at radius 2 is 1.93 bits per heavy atom. The maximum atomic E-state index is 13.3. The maximum absolute atomic E-state index is 13.3. The summed E-state index contributed by atoms with van der Waals surface area (Å²) < 4.78 is 18.9. The summed E-state index contributed by atoms with van der Waals surface area (Å²) in [5, 5.41) is 7.45. The molecule has 0 saturated carbocycles. The van der Waals surface area contributed by atoms with Crippen LogP contribution in [-0.4, -0.2) is 32.8 Å². The first-order chi connectivity index (χ1) is 13.1. The predicted octanol–water partition coefficient (Wildman–Crippen LogP) is 3.89. The molecule has 0 spiro atoms. The largest absolute Gasteiger partial charge is 0.381 e. The fourth-order valence-electron chi connectivity index (χ4n) is 3.50. The maximum Gasteiger partial charge on any atom is 0.191 e. The Labute approximate surface area is 164 Å². The molecule has 6 heteroatoms. The molecular formula is C21H25ClFN3O. The van der Waals surface area contributed by atoms with Crippen LogP contribution in [0.3, 0.4) is 0 Å². The molecule has 0 amide bonds. The normalized spacial score (nSPS) is 16.8. The zero-order chi connectivity index (χ0) is 19.1. The lowest BCUT2D eigenvalue weighted by Crippen LogP contribution is -2.48. The summed E-state index contributed by atoms with van der Waals surface area (Å²) in [4.78, 5) is 4.29. The van der Waals surface area contributed by atoms with Gasteiger partial charge in [0.2, 0.25) is 0 Å². The quantitative estimate of drug-likeness (QED) is 0.602. The zero-order valence-electron chi connectivity index (χ0n) is 15.5. The second kappa shape index (κ2) is 9.20. The molecule has 0 aliphatic carbocycles. The van der Waals surface area contributed by atoms with Gasteiger partial charge in [-0.25, -0.2) is 4.39 Å². The average molecular weight is 390 g/mol. The standard InChI is InChI=1S/C21H25ClFN3O/c1-24-20(25-14-16-5-4-6-17(23)13-16)26-15-21(9-11-27-12-10-21)18-7-2-3-8-19(18)22/h2-8,13H,9-12,14-15H2,1H3,(H2,24,25,26). The molecule has 27 heavy (non-hydrogen) atoms. The molecule has 144 valence electrons. The van der Waals surface area contributed by atoms with E-state index in [1.165, 1.54) is 12.1 Å². The Morgan fingerprint density at radius 1 is 1.15 bits per heavy atom. The molecule has 2 aromatic carbocycles. The third-order valence-electron chi connectivity index (χ3n) is 5.06. The molecule has 0 bridgehead atoms. The number of rotatable bonds is 5. The van der Waals surface area contributed by atoms with Gasteiger partial charge in [-0.2, -0.15) is 0 Å². The second-order valence-electron chi connectivity index (χ2n) is 6.78. The van der Waals surface area contributed by atoms with E-state index in [1.54, 1.807) is 13.1 Å². The van der Waals surface area contributed by atoms with Crippen molar-refractivity contribution in [1.82, 2.24) is 10.6 Å². The third kappa shape index (κ3) is 4.99. The fourth-order valence-corrected chi connectivity index (χ4v) is 3.84. The van der Waals surface area contributed by atoms with E-state index in [-0.39, 0.29) is 11.2 Å². The average Bonchev–Trinajstić information content (AvgIpc) is 2.69. The van der Waals surface area contributed by atoms with Crippen LogP contribution < -0.4 is 10.6 Å². The van der Waals surface area contributed by atoms with Crippen LogP contribution >= 0.6 is 11.6 Å². The molecule has 2 aromatic rings. The number of ether oxygens (including phenoxy) is 1. The molecule has 1 aliphatic heterocycles. The summed E-state index contributed by atoms with van der Waals surface area (Å²) in [6.45, 7) is 2.62. The van der Waals surface area contributed by atoms with Gasteiger partial charge in [-0.1, -0.05) is 41.9 Å². The van der Waals surface area contributed by atoms with Crippen molar-refractivity contribution in [1.29, 1.82) is 0 Å². The van der Waals surface area contributed by atoms with E-state index in [4.69, 9.17) is 16.3 Å². The lowest BCUT2D eigenvalue weighted by atomic mass is 9.74. The van der Waals surface area contributed by atoms with Crippen molar-refractivity contribution in [2.45, 2.75) is 24.8 Å². The molecule has 1 aliphatic rings. The van der Waals surface area contributed by atoms with Crippen LogP contribution in [-0.2, 0) is 16.7 Å². The molecule has 4 nitrogen and oxygen atoms in total. The van der Waals surface area contributed by atoms with Gasteiger partial charge in [0.1, 0.15) is 5.82 Å². The Bertz CT molecular complexity index is 791. The third-order valence-corrected chi connectivity index (χ3v) is 5.39. The minimum absolute atomic E-state index is 0.104. The van der Waals surface area contributed by atoms with E-state index >= 15 is 0 Å². The number of aliphatic imine (C=N–C) groups is 1. The summed E-state index contributed by atoms with van der Waals surface area (Å²) >= 11 is 6.50. The first-order valence-electron chi connectivity index (χ1n) is 9.15. The molecule has 0 aromatic heterocycles. The van der Waals surface area contributed by atoms with Crippen molar-refractivity contribution in [3.05, 3.63) is 70.5 Å². The van der Waals surface area contributed by atoms with Crippen molar-refractivity contribution in [3.8, 4) is 0 Å².